The Morgan fingerprint density at radius 1 is 1.25 bits per heavy atom. The van der Waals surface area contributed by atoms with Crippen molar-refractivity contribution in [3.63, 3.8) is 0 Å². The summed E-state index contributed by atoms with van der Waals surface area (Å²) >= 11 is 0. The summed E-state index contributed by atoms with van der Waals surface area (Å²) in [5, 5.41) is 2.88. The van der Waals surface area contributed by atoms with Crippen LogP contribution in [0.1, 0.15) is 5.69 Å². The van der Waals surface area contributed by atoms with Crippen molar-refractivity contribution in [2.75, 3.05) is 5.01 Å². The van der Waals surface area contributed by atoms with E-state index < -0.39 is 0 Å². The Morgan fingerprint density at radius 2 is 2.20 bits per heavy atom. The Labute approximate surface area is 115 Å². The van der Waals surface area contributed by atoms with E-state index in [1.807, 2.05) is 59.5 Å². The summed E-state index contributed by atoms with van der Waals surface area (Å²) in [6.07, 6.45) is 7.56. The van der Waals surface area contributed by atoms with E-state index in [4.69, 9.17) is 4.84 Å². The van der Waals surface area contributed by atoms with Gasteiger partial charge >= 0.3 is 0 Å². The molecule has 4 heterocycles. The number of hydrazine groups is 1. The van der Waals surface area contributed by atoms with Gasteiger partial charge in [0.15, 0.2) is 5.76 Å². The first-order valence-corrected chi connectivity index (χ1v) is 6.30. The lowest BCUT2D eigenvalue weighted by atomic mass is 10.3. The molecular formula is C14H13N5O. The molecule has 0 aliphatic carbocycles. The lowest BCUT2D eigenvalue weighted by Gasteiger charge is -2.14. The van der Waals surface area contributed by atoms with E-state index in [1.165, 1.54) is 0 Å². The Morgan fingerprint density at radius 3 is 3.05 bits per heavy atom. The van der Waals surface area contributed by atoms with Gasteiger partial charge in [-0.25, -0.2) is 9.99 Å². The molecule has 6 nitrogen and oxygen atoms in total. The predicted octanol–water partition coefficient (Wildman–Crippen LogP) is 2.16. The summed E-state index contributed by atoms with van der Waals surface area (Å²) in [5.74, 6) is 0.776. The molecule has 20 heavy (non-hydrogen) atoms. The fraction of sp³-hybridized carbons (Fsp3) is 0.0714. The molecule has 0 atom stereocenters. The average molecular weight is 267 g/mol. The van der Waals surface area contributed by atoms with E-state index in [-0.39, 0.29) is 0 Å². The highest BCUT2D eigenvalue weighted by Crippen LogP contribution is 2.28. The molecule has 0 bridgehead atoms. The van der Waals surface area contributed by atoms with Crippen molar-refractivity contribution < 1.29 is 4.84 Å². The average Bonchev–Trinajstić information content (AvgIpc) is 3.17. The molecule has 0 saturated heterocycles. The van der Waals surface area contributed by atoms with Crippen LogP contribution in [0.15, 0.2) is 49.1 Å². The number of nitrogens with zero attached hydrogens (tertiary/aromatic N) is 3. The number of hydrogen-bond donors (Lipinski definition) is 2. The normalized spacial score (nSPS) is 14.7. The standard InChI is InChI=1S/C14H13N5O/c1-18-8-2-3-12(18)13-9-19(17-20-13)11-5-7-16-14-10(11)4-6-15-14/h2-9,17H,1H3,(H,15,16). The van der Waals surface area contributed by atoms with Gasteiger partial charge in [-0.15, -0.1) is 0 Å². The van der Waals surface area contributed by atoms with Gasteiger partial charge < -0.3 is 14.4 Å². The molecule has 0 amide bonds. The van der Waals surface area contributed by atoms with Gasteiger partial charge in [-0.1, -0.05) is 5.59 Å². The van der Waals surface area contributed by atoms with Gasteiger partial charge in [0, 0.05) is 31.0 Å². The van der Waals surface area contributed by atoms with E-state index in [2.05, 4.69) is 15.6 Å². The highest BCUT2D eigenvalue weighted by molar-refractivity contribution is 5.90. The second-order valence-electron chi connectivity index (χ2n) is 4.63. The van der Waals surface area contributed by atoms with E-state index in [0.717, 1.165) is 28.2 Å². The van der Waals surface area contributed by atoms with Crippen molar-refractivity contribution >= 4 is 22.5 Å². The van der Waals surface area contributed by atoms with Crippen LogP contribution in [0.2, 0.25) is 0 Å². The third-order valence-corrected chi connectivity index (χ3v) is 3.39. The molecule has 0 unspecified atom stereocenters. The Kier molecular flexibility index (Phi) is 2.30. The first-order valence-electron chi connectivity index (χ1n) is 6.30. The summed E-state index contributed by atoms with van der Waals surface area (Å²) in [6, 6.07) is 7.93. The van der Waals surface area contributed by atoms with E-state index in [1.54, 1.807) is 6.20 Å². The molecule has 6 heteroatoms. The number of fused-ring (bicyclic) bond motifs is 1. The number of nitrogens with one attached hydrogen (secondary N) is 2. The van der Waals surface area contributed by atoms with E-state index in [9.17, 15) is 0 Å². The van der Waals surface area contributed by atoms with Crippen molar-refractivity contribution in [3.05, 3.63) is 54.7 Å². The molecule has 3 aromatic rings. The monoisotopic (exact) mass is 267 g/mol. The zero-order chi connectivity index (χ0) is 13.5. The van der Waals surface area contributed by atoms with Crippen LogP contribution in [0, 0.1) is 0 Å². The van der Waals surface area contributed by atoms with Crippen LogP contribution in [0.4, 0.5) is 5.69 Å². The van der Waals surface area contributed by atoms with Crippen molar-refractivity contribution in [1.82, 2.24) is 20.1 Å². The smallest absolute Gasteiger partial charge is 0.191 e. The molecule has 0 spiro atoms. The fourth-order valence-electron chi connectivity index (χ4n) is 2.38. The van der Waals surface area contributed by atoms with Crippen molar-refractivity contribution in [2.24, 2.45) is 7.05 Å². The number of H-pyrrole nitrogens is 1. The van der Waals surface area contributed by atoms with Gasteiger partial charge in [-0.3, -0.25) is 0 Å². The van der Waals surface area contributed by atoms with Gasteiger partial charge in [0.25, 0.3) is 0 Å². The van der Waals surface area contributed by atoms with Crippen LogP contribution in [-0.2, 0) is 11.9 Å². The van der Waals surface area contributed by atoms with E-state index >= 15 is 0 Å². The molecule has 2 N–H and O–H groups in total. The lowest BCUT2D eigenvalue weighted by molar-refractivity contribution is 0.179. The third kappa shape index (κ3) is 1.59. The third-order valence-electron chi connectivity index (χ3n) is 3.39. The van der Waals surface area contributed by atoms with Gasteiger partial charge in [0.1, 0.15) is 5.65 Å². The molecular weight excluding hydrogens is 254 g/mol. The lowest BCUT2D eigenvalue weighted by Crippen LogP contribution is -2.27. The quantitative estimate of drug-likeness (QED) is 0.747. The first-order chi connectivity index (χ1) is 9.83. The molecule has 100 valence electrons. The van der Waals surface area contributed by atoms with Crippen LogP contribution in [-0.4, -0.2) is 14.5 Å². The predicted molar refractivity (Wildman–Crippen MR) is 76.2 cm³/mol. The number of aryl methyl sites for hydroxylation is 1. The van der Waals surface area contributed by atoms with Crippen molar-refractivity contribution in [3.8, 4) is 0 Å². The van der Waals surface area contributed by atoms with Crippen molar-refractivity contribution in [1.29, 1.82) is 0 Å². The zero-order valence-corrected chi connectivity index (χ0v) is 10.9. The van der Waals surface area contributed by atoms with Crippen molar-refractivity contribution in [2.45, 2.75) is 0 Å². The zero-order valence-electron chi connectivity index (χ0n) is 10.9. The number of pyridine rings is 1. The molecule has 4 rings (SSSR count). The maximum absolute atomic E-state index is 5.56. The van der Waals surface area contributed by atoms with Crippen LogP contribution in [0.5, 0.6) is 0 Å². The largest absolute Gasteiger partial charge is 0.385 e. The number of hydrogen-bond acceptors (Lipinski definition) is 4. The van der Waals surface area contributed by atoms with Gasteiger partial charge in [0.05, 0.1) is 17.6 Å². The first kappa shape index (κ1) is 11.1. The van der Waals surface area contributed by atoms with Crippen LogP contribution in [0.25, 0.3) is 16.8 Å². The number of aromatic nitrogens is 3. The molecule has 1 aliphatic heterocycles. The van der Waals surface area contributed by atoms with E-state index in [0.29, 0.717) is 0 Å². The summed E-state index contributed by atoms with van der Waals surface area (Å²) < 4.78 is 2.01. The minimum atomic E-state index is 0.776. The maximum Gasteiger partial charge on any atom is 0.191 e. The second kappa shape index (κ2) is 4.14. The Hall–Kier alpha value is -2.73. The maximum atomic E-state index is 5.56. The second-order valence-corrected chi connectivity index (χ2v) is 4.63. The fourth-order valence-corrected chi connectivity index (χ4v) is 2.38. The topological polar surface area (TPSA) is 58.1 Å². The highest BCUT2D eigenvalue weighted by Gasteiger charge is 2.20. The Bertz CT molecular complexity index is 801. The minimum absolute atomic E-state index is 0.776. The summed E-state index contributed by atoms with van der Waals surface area (Å²) in [7, 11) is 1.99. The minimum Gasteiger partial charge on any atom is -0.385 e. The van der Waals surface area contributed by atoms with Gasteiger partial charge in [-0.2, -0.15) is 0 Å². The molecule has 3 aromatic heterocycles. The molecule has 0 fully saturated rings. The summed E-state index contributed by atoms with van der Waals surface area (Å²) in [5.41, 5.74) is 5.76. The van der Waals surface area contributed by atoms with Crippen LogP contribution >= 0.6 is 0 Å². The molecule has 0 saturated carbocycles. The SMILES string of the molecule is Cn1cccc1C1=CN(c2ccnc3[nH]ccc23)NO1. The van der Waals surface area contributed by atoms with Crippen LogP contribution in [0.3, 0.4) is 0 Å². The Balaban J connectivity index is 1.76. The number of aromatic amines is 1. The van der Waals surface area contributed by atoms with Crippen LogP contribution < -0.4 is 10.6 Å². The van der Waals surface area contributed by atoms with Gasteiger partial charge in [0.2, 0.25) is 0 Å². The number of rotatable bonds is 2. The molecule has 0 radical (unpaired) electrons. The highest BCUT2D eigenvalue weighted by atomic mass is 16.7. The molecule has 1 aliphatic rings. The van der Waals surface area contributed by atoms with Gasteiger partial charge in [-0.05, 0) is 24.3 Å². The number of anilines is 1. The summed E-state index contributed by atoms with van der Waals surface area (Å²) in [6.45, 7) is 0. The molecule has 0 aromatic carbocycles. The summed E-state index contributed by atoms with van der Waals surface area (Å²) in [4.78, 5) is 12.9.